The van der Waals surface area contributed by atoms with Crippen molar-refractivity contribution >= 4 is 34.9 Å². The summed E-state index contributed by atoms with van der Waals surface area (Å²) in [5.41, 5.74) is 3.15. The number of fused-ring (bicyclic) bond motifs is 2. The van der Waals surface area contributed by atoms with E-state index in [1.165, 1.54) is 17.4 Å². The molecule has 1 fully saturated rings. The maximum Gasteiger partial charge on any atom is 0.490 e. The van der Waals surface area contributed by atoms with Crippen molar-refractivity contribution in [2.45, 2.75) is 30.7 Å². The second-order valence-electron chi connectivity index (χ2n) is 9.21. The third-order valence-corrected chi connectivity index (χ3v) is 7.01. The molecule has 1 aromatic carbocycles. The molecule has 5 rings (SSSR count). The van der Waals surface area contributed by atoms with E-state index in [0.717, 1.165) is 36.5 Å². The molecule has 1 spiro atoms. The van der Waals surface area contributed by atoms with Gasteiger partial charge in [-0.15, -0.1) is 0 Å². The molecule has 226 valence electrons. The van der Waals surface area contributed by atoms with Crippen LogP contribution in [-0.4, -0.2) is 69.9 Å². The molecule has 8 nitrogen and oxygen atoms in total. The van der Waals surface area contributed by atoms with Crippen molar-refractivity contribution in [2.24, 2.45) is 0 Å². The van der Waals surface area contributed by atoms with Gasteiger partial charge in [0, 0.05) is 42.2 Å². The molecule has 16 heteroatoms. The summed E-state index contributed by atoms with van der Waals surface area (Å²) < 4.78 is 77.6. The van der Waals surface area contributed by atoms with Crippen LogP contribution in [0.1, 0.15) is 28.0 Å². The van der Waals surface area contributed by atoms with Gasteiger partial charge in [-0.2, -0.15) is 37.7 Å². The second kappa shape index (κ2) is 12.9. The van der Waals surface area contributed by atoms with E-state index in [2.05, 4.69) is 9.88 Å². The molecule has 1 amide bonds. The van der Waals surface area contributed by atoms with Gasteiger partial charge in [-0.3, -0.25) is 14.7 Å². The summed E-state index contributed by atoms with van der Waals surface area (Å²) >= 11 is 1.53. The van der Waals surface area contributed by atoms with E-state index in [0.29, 0.717) is 18.7 Å². The molecule has 2 aliphatic rings. The highest BCUT2D eigenvalue weighted by molar-refractivity contribution is 7.08. The van der Waals surface area contributed by atoms with Gasteiger partial charge in [0.05, 0.1) is 16.9 Å². The molecule has 1 atom stereocenters. The smallest absolute Gasteiger partial charge is 0.475 e. The summed E-state index contributed by atoms with van der Waals surface area (Å²) in [4.78, 5) is 39.7. The highest BCUT2D eigenvalue weighted by Gasteiger charge is 2.50. The molecule has 0 saturated carbocycles. The third kappa shape index (κ3) is 7.82. The number of carboxylic acids is 2. The Hall–Kier alpha value is -4.05. The van der Waals surface area contributed by atoms with Gasteiger partial charge in [-0.25, -0.2) is 14.0 Å². The number of nitrogens with zero attached hydrogens (tertiary/aromatic N) is 3. The summed E-state index contributed by atoms with van der Waals surface area (Å²) in [5, 5.41) is 18.1. The number of carbonyl (C=O) groups excluding carboxylic acids is 1. The van der Waals surface area contributed by atoms with Crippen molar-refractivity contribution < 1.29 is 55.3 Å². The maximum atomic E-state index is 14.1. The van der Waals surface area contributed by atoms with Gasteiger partial charge in [0.1, 0.15) is 5.82 Å². The number of hydrogen-bond donors (Lipinski definition) is 2. The van der Waals surface area contributed by atoms with Gasteiger partial charge in [0.2, 0.25) is 0 Å². The number of carboxylic acid groups (broad SMARTS) is 2. The molecule has 2 N–H and O–H groups in total. The first-order valence-corrected chi connectivity index (χ1v) is 12.8. The minimum Gasteiger partial charge on any atom is -0.475 e. The van der Waals surface area contributed by atoms with Crippen molar-refractivity contribution in [3.8, 4) is 0 Å². The largest absolute Gasteiger partial charge is 0.490 e. The van der Waals surface area contributed by atoms with Crippen LogP contribution in [0.5, 0.6) is 0 Å². The van der Waals surface area contributed by atoms with Crippen molar-refractivity contribution in [3.05, 3.63) is 82.1 Å². The topological polar surface area (TPSA) is 111 Å². The molecule has 1 saturated heterocycles. The molecule has 2 aromatic heterocycles. The monoisotopic (exact) mass is 621 g/mol. The first kappa shape index (κ1) is 32.5. The van der Waals surface area contributed by atoms with E-state index in [1.807, 2.05) is 46.0 Å². The zero-order chi connectivity index (χ0) is 31.3. The first-order valence-electron chi connectivity index (χ1n) is 11.9. The second-order valence-corrected chi connectivity index (χ2v) is 9.99. The lowest BCUT2D eigenvalue weighted by molar-refractivity contribution is -0.193. The van der Waals surface area contributed by atoms with E-state index in [9.17, 15) is 35.5 Å². The number of aromatic nitrogens is 1. The highest BCUT2D eigenvalue weighted by Crippen LogP contribution is 2.46. The number of aliphatic carboxylic acids is 2. The van der Waals surface area contributed by atoms with Gasteiger partial charge in [0.25, 0.3) is 5.91 Å². The fourth-order valence-electron chi connectivity index (χ4n) is 4.49. The predicted octanol–water partition coefficient (Wildman–Crippen LogP) is 5.35. The Labute approximate surface area is 237 Å². The molecule has 2 aliphatic heterocycles. The lowest BCUT2D eigenvalue weighted by atomic mass is 9.85. The van der Waals surface area contributed by atoms with E-state index in [1.54, 1.807) is 12.3 Å². The molecule has 0 bridgehead atoms. The predicted molar refractivity (Wildman–Crippen MR) is 136 cm³/mol. The summed E-state index contributed by atoms with van der Waals surface area (Å²) in [7, 11) is 0. The van der Waals surface area contributed by atoms with Gasteiger partial charge in [0.15, 0.2) is 0 Å². The Morgan fingerprint density at radius 1 is 0.929 bits per heavy atom. The van der Waals surface area contributed by atoms with Crippen LogP contribution in [0.4, 0.5) is 36.4 Å². The van der Waals surface area contributed by atoms with E-state index in [-0.39, 0.29) is 17.1 Å². The van der Waals surface area contributed by atoms with Gasteiger partial charge < -0.3 is 15.1 Å². The van der Waals surface area contributed by atoms with Crippen molar-refractivity contribution in [1.82, 2.24) is 9.88 Å². The number of thiophene rings is 1. The van der Waals surface area contributed by atoms with Gasteiger partial charge in [-0.05, 0) is 42.6 Å². The average Bonchev–Trinajstić information content (AvgIpc) is 3.66. The minimum atomic E-state index is -5.08. The van der Waals surface area contributed by atoms with E-state index >= 15 is 0 Å². The van der Waals surface area contributed by atoms with Crippen LogP contribution < -0.4 is 4.90 Å². The van der Waals surface area contributed by atoms with Crippen LogP contribution in [0.2, 0.25) is 0 Å². The van der Waals surface area contributed by atoms with Crippen LogP contribution >= 0.6 is 11.3 Å². The maximum absolute atomic E-state index is 14.1. The number of halogens is 7. The zero-order valence-electron chi connectivity index (χ0n) is 21.3. The van der Waals surface area contributed by atoms with Crippen LogP contribution in [0.25, 0.3) is 0 Å². The lowest BCUT2D eigenvalue weighted by Crippen LogP contribution is -2.39. The normalized spacial score (nSPS) is 18.0. The molecular formula is C26H22F7N3O5S. The quantitative estimate of drug-likeness (QED) is 0.380. The Morgan fingerprint density at radius 3 is 2.10 bits per heavy atom. The Balaban J connectivity index is 0.000000289. The Morgan fingerprint density at radius 2 is 1.55 bits per heavy atom. The highest BCUT2D eigenvalue weighted by atomic mass is 32.1. The van der Waals surface area contributed by atoms with Crippen molar-refractivity contribution in [1.29, 1.82) is 0 Å². The SMILES string of the molecule is O=C(O)C(F)(F)F.O=C(O)C(F)(F)F.O=C(c1ccsc1)N1CC2(CCN(Cc3ccccc3F)C2)c2ncccc21. The minimum absolute atomic E-state index is 0.0277. The number of benzene rings is 1. The van der Waals surface area contributed by atoms with Gasteiger partial charge in [-0.1, -0.05) is 18.2 Å². The summed E-state index contributed by atoms with van der Waals surface area (Å²) in [6, 6.07) is 12.7. The molecule has 3 aromatic rings. The van der Waals surface area contributed by atoms with Crippen LogP contribution in [0, 0.1) is 5.82 Å². The van der Waals surface area contributed by atoms with E-state index in [4.69, 9.17) is 19.8 Å². The number of alkyl halides is 6. The first-order chi connectivity index (χ1) is 19.5. The average molecular weight is 622 g/mol. The zero-order valence-corrected chi connectivity index (χ0v) is 22.1. The standard InChI is InChI=1S/C22H20FN3OS.2C2HF3O2/c23-18-5-2-1-4-16(18)12-25-10-8-22(14-25)15-26(19-6-3-9-24-20(19)22)21(27)17-7-11-28-13-17;2*3-2(4,5)1(6)7/h1-7,9,11,13H,8,10,12,14-15H2;2*(H,6,7). The van der Waals surface area contributed by atoms with Gasteiger partial charge >= 0.3 is 24.3 Å². The number of amides is 1. The van der Waals surface area contributed by atoms with Crippen molar-refractivity contribution in [2.75, 3.05) is 24.5 Å². The van der Waals surface area contributed by atoms with Crippen LogP contribution in [0.15, 0.2) is 59.4 Å². The molecule has 1 unspecified atom stereocenters. The summed E-state index contributed by atoms with van der Waals surface area (Å²) in [5.74, 6) is -5.65. The number of hydrogen-bond acceptors (Lipinski definition) is 6. The lowest BCUT2D eigenvalue weighted by Gasteiger charge is -2.25. The van der Waals surface area contributed by atoms with Crippen molar-refractivity contribution in [3.63, 3.8) is 0 Å². The summed E-state index contributed by atoms with van der Waals surface area (Å²) in [6.45, 7) is 2.85. The molecule has 0 radical (unpaired) electrons. The number of likely N-dealkylation sites (tertiary alicyclic amines) is 1. The summed E-state index contributed by atoms with van der Waals surface area (Å²) in [6.07, 6.45) is -7.45. The molecule has 0 aliphatic carbocycles. The molecule has 4 heterocycles. The molecular weight excluding hydrogens is 599 g/mol. The number of carbonyl (C=O) groups is 3. The Kier molecular flexibility index (Phi) is 9.94. The molecule has 42 heavy (non-hydrogen) atoms. The van der Waals surface area contributed by atoms with Crippen LogP contribution in [-0.2, 0) is 21.5 Å². The fraction of sp³-hybridized carbons (Fsp3) is 0.308. The number of anilines is 1. The Bertz CT molecular complexity index is 1390. The van der Waals surface area contributed by atoms with E-state index < -0.39 is 24.3 Å². The third-order valence-electron chi connectivity index (χ3n) is 6.32. The fourth-order valence-corrected chi connectivity index (χ4v) is 5.12. The van der Waals surface area contributed by atoms with Crippen LogP contribution in [0.3, 0.4) is 0 Å². The number of pyridine rings is 1. The number of rotatable bonds is 3.